The van der Waals surface area contributed by atoms with E-state index in [2.05, 4.69) is 17.4 Å². The van der Waals surface area contributed by atoms with Crippen LogP contribution < -0.4 is 16.0 Å². The molecule has 3 N–H and O–H groups in total. The fourth-order valence-corrected chi connectivity index (χ4v) is 2.07. The predicted octanol–water partition coefficient (Wildman–Crippen LogP) is 2.53. The maximum Gasteiger partial charge on any atom is 0.120 e. The van der Waals surface area contributed by atoms with Gasteiger partial charge in [0.15, 0.2) is 0 Å². The highest BCUT2D eigenvalue weighted by Crippen LogP contribution is 2.19. The normalized spacial score (nSPS) is 12.3. The summed E-state index contributed by atoms with van der Waals surface area (Å²) in [5.74, 6) is 6.31. The lowest BCUT2D eigenvalue weighted by atomic mass is 10.2. The van der Waals surface area contributed by atoms with Gasteiger partial charge in [-0.3, -0.25) is 10.5 Å². The van der Waals surface area contributed by atoms with Crippen LogP contribution in [0.15, 0.2) is 36.7 Å². The molecule has 20 heavy (non-hydrogen) atoms. The van der Waals surface area contributed by atoms with Gasteiger partial charge in [0.1, 0.15) is 12.4 Å². The standard InChI is InChI=1S/C14H19ClN4O/c1-2-6-19-9-11(8-17-19)14(18-16)10-20-13-5-3-4-12(15)7-13/h3-5,7-9,14,18H,2,6,10,16H2,1H3. The minimum atomic E-state index is -0.111. The topological polar surface area (TPSA) is 65.1 Å². The third-order valence-electron chi connectivity index (χ3n) is 2.92. The number of nitrogens with one attached hydrogen (secondary N) is 1. The van der Waals surface area contributed by atoms with E-state index in [-0.39, 0.29) is 6.04 Å². The van der Waals surface area contributed by atoms with Crippen LogP contribution in [-0.4, -0.2) is 16.4 Å². The second kappa shape index (κ2) is 7.28. The van der Waals surface area contributed by atoms with Gasteiger partial charge in [0.25, 0.3) is 0 Å². The fourth-order valence-electron chi connectivity index (χ4n) is 1.89. The molecule has 0 amide bonds. The van der Waals surface area contributed by atoms with Gasteiger partial charge >= 0.3 is 0 Å². The highest BCUT2D eigenvalue weighted by Gasteiger charge is 2.13. The zero-order valence-electron chi connectivity index (χ0n) is 11.4. The van der Waals surface area contributed by atoms with E-state index >= 15 is 0 Å². The van der Waals surface area contributed by atoms with Gasteiger partial charge in [0.05, 0.1) is 12.2 Å². The summed E-state index contributed by atoms with van der Waals surface area (Å²) in [7, 11) is 0. The fraction of sp³-hybridized carbons (Fsp3) is 0.357. The number of hydrazine groups is 1. The predicted molar refractivity (Wildman–Crippen MR) is 79.5 cm³/mol. The molecule has 0 saturated carbocycles. The number of hydrogen-bond donors (Lipinski definition) is 2. The van der Waals surface area contributed by atoms with E-state index in [1.807, 2.05) is 35.3 Å². The Hall–Kier alpha value is -1.56. The van der Waals surface area contributed by atoms with Crippen molar-refractivity contribution in [3.8, 4) is 5.75 Å². The zero-order valence-corrected chi connectivity index (χ0v) is 12.2. The minimum Gasteiger partial charge on any atom is -0.491 e. The summed E-state index contributed by atoms with van der Waals surface area (Å²) in [6.07, 6.45) is 4.83. The molecule has 0 aliphatic rings. The first-order chi connectivity index (χ1) is 9.72. The van der Waals surface area contributed by atoms with Crippen molar-refractivity contribution >= 4 is 11.6 Å². The Bertz CT molecular complexity index is 543. The molecule has 0 spiro atoms. The first-order valence-electron chi connectivity index (χ1n) is 6.59. The van der Waals surface area contributed by atoms with Crippen molar-refractivity contribution in [3.05, 3.63) is 47.2 Å². The van der Waals surface area contributed by atoms with Crippen molar-refractivity contribution in [3.63, 3.8) is 0 Å². The molecule has 2 aromatic rings. The van der Waals surface area contributed by atoms with E-state index < -0.39 is 0 Å². The number of hydrogen-bond acceptors (Lipinski definition) is 4. The molecule has 0 saturated heterocycles. The molecule has 0 fully saturated rings. The summed E-state index contributed by atoms with van der Waals surface area (Å²) in [6.45, 7) is 3.42. The molecule has 0 radical (unpaired) electrons. The van der Waals surface area contributed by atoms with Gasteiger partial charge in [-0.25, -0.2) is 5.43 Å². The lowest BCUT2D eigenvalue weighted by Gasteiger charge is -2.15. The van der Waals surface area contributed by atoms with Crippen molar-refractivity contribution in [1.29, 1.82) is 0 Å². The van der Waals surface area contributed by atoms with Crippen molar-refractivity contribution in [1.82, 2.24) is 15.2 Å². The first kappa shape index (κ1) is 14.8. The Morgan fingerprint density at radius 3 is 3.05 bits per heavy atom. The van der Waals surface area contributed by atoms with Gasteiger partial charge in [-0.05, 0) is 24.6 Å². The van der Waals surface area contributed by atoms with Crippen molar-refractivity contribution < 1.29 is 4.74 Å². The number of ether oxygens (including phenoxy) is 1. The third-order valence-corrected chi connectivity index (χ3v) is 3.16. The van der Waals surface area contributed by atoms with E-state index in [1.54, 1.807) is 6.07 Å². The van der Waals surface area contributed by atoms with Gasteiger partial charge in [-0.15, -0.1) is 0 Å². The van der Waals surface area contributed by atoms with Crippen molar-refractivity contribution in [2.75, 3.05) is 6.61 Å². The van der Waals surface area contributed by atoms with Crippen LogP contribution >= 0.6 is 11.6 Å². The first-order valence-corrected chi connectivity index (χ1v) is 6.97. The minimum absolute atomic E-state index is 0.111. The molecule has 2 rings (SSSR count). The number of aryl methyl sites for hydroxylation is 1. The Balaban J connectivity index is 1.97. The van der Waals surface area contributed by atoms with Gasteiger partial charge in [0.2, 0.25) is 0 Å². The van der Waals surface area contributed by atoms with Gasteiger partial charge < -0.3 is 4.74 Å². The number of nitrogens with two attached hydrogens (primary N) is 1. The molecule has 1 unspecified atom stereocenters. The van der Waals surface area contributed by atoms with Crippen molar-refractivity contribution in [2.24, 2.45) is 5.84 Å². The second-order valence-electron chi connectivity index (χ2n) is 4.52. The third kappa shape index (κ3) is 3.96. The Labute approximate surface area is 123 Å². The van der Waals surface area contributed by atoms with E-state index in [9.17, 15) is 0 Å². The van der Waals surface area contributed by atoms with E-state index in [0.717, 1.165) is 24.3 Å². The van der Waals surface area contributed by atoms with E-state index in [0.29, 0.717) is 11.6 Å². The summed E-state index contributed by atoms with van der Waals surface area (Å²) in [5, 5.41) is 4.94. The molecule has 5 nitrogen and oxygen atoms in total. The summed E-state index contributed by atoms with van der Waals surface area (Å²) in [4.78, 5) is 0. The average molecular weight is 295 g/mol. The zero-order chi connectivity index (χ0) is 14.4. The van der Waals surface area contributed by atoms with Crippen LogP contribution in [0.4, 0.5) is 0 Å². The van der Waals surface area contributed by atoms with E-state index in [4.69, 9.17) is 22.2 Å². The molecule has 1 heterocycles. The Kier molecular flexibility index (Phi) is 5.40. The molecule has 0 aliphatic carbocycles. The molecular weight excluding hydrogens is 276 g/mol. The highest BCUT2D eigenvalue weighted by molar-refractivity contribution is 6.30. The SMILES string of the molecule is CCCn1cc(C(COc2cccc(Cl)c2)NN)cn1. The molecule has 0 bridgehead atoms. The summed E-state index contributed by atoms with van der Waals surface area (Å²) in [6, 6.07) is 7.18. The second-order valence-corrected chi connectivity index (χ2v) is 4.96. The Morgan fingerprint density at radius 1 is 1.50 bits per heavy atom. The van der Waals surface area contributed by atoms with Crippen LogP contribution in [0.3, 0.4) is 0 Å². The lowest BCUT2D eigenvalue weighted by molar-refractivity contribution is 0.267. The molecule has 108 valence electrons. The van der Waals surface area contributed by atoms with Gasteiger partial charge in [-0.2, -0.15) is 5.10 Å². The van der Waals surface area contributed by atoms with Crippen LogP contribution in [0.25, 0.3) is 0 Å². The Morgan fingerprint density at radius 2 is 2.35 bits per heavy atom. The number of aromatic nitrogens is 2. The molecule has 1 aromatic heterocycles. The highest BCUT2D eigenvalue weighted by atomic mass is 35.5. The number of benzene rings is 1. The van der Waals surface area contributed by atoms with Crippen LogP contribution in [0.1, 0.15) is 24.9 Å². The van der Waals surface area contributed by atoms with Crippen LogP contribution in [-0.2, 0) is 6.54 Å². The average Bonchev–Trinajstić information content (AvgIpc) is 2.89. The molecular formula is C14H19ClN4O. The number of nitrogens with zero attached hydrogens (tertiary/aromatic N) is 2. The molecule has 0 aliphatic heterocycles. The maximum atomic E-state index is 5.92. The summed E-state index contributed by atoms with van der Waals surface area (Å²) >= 11 is 5.92. The van der Waals surface area contributed by atoms with Crippen LogP contribution in [0.5, 0.6) is 5.75 Å². The number of rotatable bonds is 7. The van der Waals surface area contributed by atoms with Crippen LogP contribution in [0, 0.1) is 0 Å². The summed E-state index contributed by atoms with van der Waals surface area (Å²) in [5.41, 5.74) is 3.75. The summed E-state index contributed by atoms with van der Waals surface area (Å²) < 4.78 is 7.60. The smallest absolute Gasteiger partial charge is 0.120 e. The molecule has 1 aromatic carbocycles. The quantitative estimate of drug-likeness (QED) is 0.608. The van der Waals surface area contributed by atoms with E-state index in [1.165, 1.54) is 0 Å². The lowest BCUT2D eigenvalue weighted by Crippen LogP contribution is -2.32. The van der Waals surface area contributed by atoms with Gasteiger partial charge in [0, 0.05) is 23.3 Å². The number of halogens is 1. The largest absolute Gasteiger partial charge is 0.491 e. The molecule has 1 atom stereocenters. The molecule has 6 heteroatoms. The monoisotopic (exact) mass is 294 g/mol. The van der Waals surface area contributed by atoms with Crippen LogP contribution in [0.2, 0.25) is 5.02 Å². The van der Waals surface area contributed by atoms with Crippen molar-refractivity contribution in [2.45, 2.75) is 25.9 Å². The maximum absolute atomic E-state index is 5.92. The van der Waals surface area contributed by atoms with Gasteiger partial charge in [-0.1, -0.05) is 24.6 Å².